The van der Waals surface area contributed by atoms with Crippen molar-refractivity contribution in [2.24, 2.45) is 0 Å². The molecule has 0 spiro atoms. The first-order valence-electron chi connectivity index (χ1n) is 6.59. The van der Waals surface area contributed by atoms with Crippen molar-refractivity contribution in [1.29, 1.82) is 0 Å². The molecule has 1 amide bonds. The highest BCUT2D eigenvalue weighted by Gasteiger charge is 2.21. The Hall–Kier alpha value is -1.84. The Morgan fingerprint density at radius 1 is 1.48 bits per heavy atom. The lowest BCUT2D eigenvalue weighted by molar-refractivity contribution is -0.141. The van der Waals surface area contributed by atoms with Crippen molar-refractivity contribution in [3.05, 3.63) is 21.4 Å². The molecule has 0 aliphatic carbocycles. The lowest BCUT2D eigenvalue weighted by Gasteiger charge is -2.19. The van der Waals surface area contributed by atoms with Crippen LogP contribution in [0.2, 0.25) is 0 Å². The number of aliphatic hydroxyl groups excluding tert-OH is 1. The highest BCUT2D eigenvalue weighted by Crippen LogP contribution is 2.22. The Kier molecular flexibility index (Phi) is 6.92. The molecule has 0 radical (unpaired) electrons. The fraction of sp³-hybridized carbons (Fsp3) is 0.467. The summed E-state index contributed by atoms with van der Waals surface area (Å²) in [6, 6.07) is 1.76. The number of hydrogen-bond acceptors (Lipinski definition) is 5. The van der Waals surface area contributed by atoms with Crippen molar-refractivity contribution < 1.29 is 19.4 Å². The number of methoxy groups -OCH3 is 1. The van der Waals surface area contributed by atoms with Gasteiger partial charge in [0.15, 0.2) is 0 Å². The van der Waals surface area contributed by atoms with E-state index in [1.165, 1.54) is 23.3 Å². The molecule has 1 aromatic heterocycles. The average molecular weight is 309 g/mol. The van der Waals surface area contributed by atoms with Crippen LogP contribution in [0.3, 0.4) is 0 Å². The second-order valence-corrected chi connectivity index (χ2v) is 5.44. The van der Waals surface area contributed by atoms with E-state index in [1.54, 1.807) is 6.07 Å². The van der Waals surface area contributed by atoms with Gasteiger partial charge in [-0.3, -0.25) is 9.59 Å². The summed E-state index contributed by atoms with van der Waals surface area (Å²) in [4.78, 5) is 26.6. The summed E-state index contributed by atoms with van der Waals surface area (Å²) in [5.41, 5.74) is 0.888. The molecule has 0 saturated heterocycles. The number of aliphatic hydroxyl groups is 1. The van der Waals surface area contributed by atoms with E-state index in [2.05, 4.69) is 16.6 Å². The Morgan fingerprint density at radius 2 is 2.19 bits per heavy atom. The number of hydrogen-bond donors (Lipinski definition) is 1. The first-order chi connectivity index (χ1) is 10.0. The molecule has 0 aromatic carbocycles. The van der Waals surface area contributed by atoms with E-state index < -0.39 is 5.97 Å². The van der Waals surface area contributed by atoms with Crippen LogP contribution in [0.5, 0.6) is 0 Å². The summed E-state index contributed by atoms with van der Waals surface area (Å²) in [5, 5.41) is 8.72. The van der Waals surface area contributed by atoms with E-state index in [0.717, 1.165) is 16.9 Å². The second kappa shape index (κ2) is 8.45. The standard InChI is InChI=1S/C15H19NO4S/c1-4-7-16(10-14(18)20-3)15(19)13-9-11(2)12(21-13)6-5-8-17/h9,17H,4,7-8,10H2,1-3H3. The molecule has 0 bridgehead atoms. The van der Waals surface area contributed by atoms with E-state index in [0.29, 0.717) is 11.4 Å². The summed E-state index contributed by atoms with van der Waals surface area (Å²) in [6.07, 6.45) is 0.754. The molecule has 1 rings (SSSR count). The summed E-state index contributed by atoms with van der Waals surface area (Å²) >= 11 is 1.27. The first-order valence-corrected chi connectivity index (χ1v) is 7.41. The molecule has 0 unspecified atom stereocenters. The third-order valence-corrected chi connectivity index (χ3v) is 3.88. The zero-order valence-corrected chi connectivity index (χ0v) is 13.2. The second-order valence-electron chi connectivity index (χ2n) is 4.39. The van der Waals surface area contributed by atoms with E-state index >= 15 is 0 Å². The Bertz CT molecular complexity index is 568. The topological polar surface area (TPSA) is 66.8 Å². The zero-order chi connectivity index (χ0) is 15.8. The first kappa shape index (κ1) is 17.2. The van der Waals surface area contributed by atoms with Crippen LogP contribution in [-0.4, -0.2) is 48.7 Å². The average Bonchev–Trinajstić information content (AvgIpc) is 2.84. The maximum absolute atomic E-state index is 12.5. The van der Waals surface area contributed by atoms with Crippen LogP contribution in [0.4, 0.5) is 0 Å². The molecular weight excluding hydrogens is 290 g/mol. The normalized spacial score (nSPS) is 9.71. The Balaban J connectivity index is 2.95. The van der Waals surface area contributed by atoms with Gasteiger partial charge >= 0.3 is 5.97 Å². The number of esters is 1. The number of amides is 1. The van der Waals surface area contributed by atoms with Gasteiger partial charge in [-0.25, -0.2) is 0 Å². The van der Waals surface area contributed by atoms with E-state index in [4.69, 9.17) is 5.11 Å². The third kappa shape index (κ3) is 4.88. The van der Waals surface area contributed by atoms with Gasteiger partial charge in [0.1, 0.15) is 13.2 Å². The van der Waals surface area contributed by atoms with Gasteiger partial charge in [0, 0.05) is 6.54 Å². The Labute approximate surface area is 128 Å². The molecule has 1 N–H and O–H groups in total. The van der Waals surface area contributed by atoms with Crippen LogP contribution in [0.25, 0.3) is 0 Å². The van der Waals surface area contributed by atoms with Crippen LogP contribution >= 0.6 is 11.3 Å². The number of ether oxygens (including phenoxy) is 1. The van der Waals surface area contributed by atoms with Crippen molar-refractivity contribution in [3.8, 4) is 11.8 Å². The minimum Gasteiger partial charge on any atom is -0.468 e. The van der Waals surface area contributed by atoms with Gasteiger partial charge in [-0.1, -0.05) is 18.8 Å². The van der Waals surface area contributed by atoms with Gasteiger partial charge in [-0.15, -0.1) is 11.3 Å². The number of aryl methyl sites for hydroxylation is 1. The molecule has 0 fully saturated rings. The van der Waals surface area contributed by atoms with Gasteiger partial charge in [0.2, 0.25) is 0 Å². The highest BCUT2D eigenvalue weighted by molar-refractivity contribution is 7.14. The smallest absolute Gasteiger partial charge is 0.325 e. The van der Waals surface area contributed by atoms with Crippen LogP contribution in [0, 0.1) is 18.8 Å². The van der Waals surface area contributed by atoms with Crippen LogP contribution < -0.4 is 0 Å². The largest absolute Gasteiger partial charge is 0.468 e. The SMILES string of the molecule is CCCN(CC(=O)OC)C(=O)c1cc(C)c(C#CCO)s1. The number of rotatable bonds is 5. The minimum atomic E-state index is -0.439. The summed E-state index contributed by atoms with van der Waals surface area (Å²) in [6.45, 7) is 4.01. The van der Waals surface area contributed by atoms with Crippen molar-refractivity contribution in [3.63, 3.8) is 0 Å². The molecular formula is C15H19NO4S. The molecule has 6 heteroatoms. The summed E-state index contributed by atoms with van der Waals surface area (Å²) in [7, 11) is 1.30. The monoisotopic (exact) mass is 309 g/mol. The van der Waals surface area contributed by atoms with Crippen molar-refractivity contribution in [2.75, 3.05) is 26.8 Å². The quantitative estimate of drug-likeness (QED) is 0.660. The van der Waals surface area contributed by atoms with Gasteiger partial charge in [-0.2, -0.15) is 0 Å². The predicted octanol–water partition coefficient (Wildman–Crippen LogP) is 1.43. The van der Waals surface area contributed by atoms with E-state index in [-0.39, 0.29) is 19.1 Å². The molecule has 1 aromatic rings. The number of carbonyl (C=O) groups is 2. The molecule has 0 atom stereocenters. The Morgan fingerprint density at radius 3 is 2.76 bits per heavy atom. The maximum atomic E-state index is 12.5. The summed E-state index contributed by atoms with van der Waals surface area (Å²) in [5.74, 6) is 4.75. The fourth-order valence-corrected chi connectivity index (χ4v) is 2.75. The molecule has 21 heavy (non-hydrogen) atoms. The molecule has 0 aliphatic heterocycles. The van der Waals surface area contributed by atoms with Crippen LogP contribution in [0.15, 0.2) is 6.07 Å². The number of carbonyl (C=O) groups excluding carboxylic acids is 2. The predicted molar refractivity (Wildman–Crippen MR) is 81.2 cm³/mol. The molecule has 5 nitrogen and oxygen atoms in total. The fourth-order valence-electron chi connectivity index (χ4n) is 1.73. The summed E-state index contributed by atoms with van der Waals surface area (Å²) < 4.78 is 4.62. The maximum Gasteiger partial charge on any atom is 0.325 e. The van der Waals surface area contributed by atoms with Crippen LogP contribution in [-0.2, 0) is 9.53 Å². The molecule has 0 aliphatic rings. The third-order valence-electron chi connectivity index (χ3n) is 2.74. The number of thiophene rings is 1. The number of nitrogens with zero attached hydrogens (tertiary/aromatic N) is 1. The van der Waals surface area contributed by atoms with Crippen molar-refractivity contribution >= 4 is 23.2 Å². The molecule has 1 heterocycles. The molecule has 0 saturated carbocycles. The van der Waals surface area contributed by atoms with Gasteiger partial charge in [0.05, 0.1) is 16.9 Å². The van der Waals surface area contributed by atoms with Gasteiger partial charge in [-0.05, 0) is 25.0 Å². The van der Waals surface area contributed by atoms with Crippen LogP contribution in [0.1, 0.15) is 33.5 Å². The van der Waals surface area contributed by atoms with E-state index in [1.807, 2.05) is 13.8 Å². The lowest BCUT2D eigenvalue weighted by atomic mass is 10.2. The molecule has 114 valence electrons. The minimum absolute atomic E-state index is 0.0578. The van der Waals surface area contributed by atoms with E-state index in [9.17, 15) is 9.59 Å². The lowest BCUT2D eigenvalue weighted by Crippen LogP contribution is -2.36. The highest BCUT2D eigenvalue weighted by atomic mass is 32.1. The van der Waals surface area contributed by atoms with Crippen molar-refractivity contribution in [1.82, 2.24) is 4.90 Å². The van der Waals surface area contributed by atoms with Crippen molar-refractivity contribution in [2.45, 2.75) is 20.3 Å². The van der Waals surface area contributed by atoms with Gasteiger partial charge in [0.25, 0.3) is 5.91 Å². The zero-order valence-electron chi connectivity index (χ0n) is 12.4. The van der Waals surface area contributed by atoms with Gasteiger partial charge < -0.3 is 14.7 Å².